The van der Waals surface area contributed by atoms with Crippen LogP contribution in [0.15, 0.2) is 60.7 Å². The highest BCUT2D eigenvalue weighted by Crippen LogP contribution is 2.33. The van der Waals surface area contributed by atoms with Gasteiger partial charge in [-0.1, -0.05) is 60.7 Å². The van der Waals surface area contributed by atoms with Crippen LogP contribution >= 0.6 is 0 Å². The summed E-state index contributed by atoms with van der Waals surface area (Å²) in [6, 6.07) is 15.8. The molecule has 0 fully saturated rings. The summed E-state index contributed by atoms with van der Waals surface area (Å²) < 4.78 is 5.10. The third-order valence-corrected chi connectivity index (χ3v) is 4.28. The fraction of sp³-hybridized carbons (Fsp3) is 0.300. The van der Waals surface area contributed by atoms with Crippen molar-refractivity contribution in [1.82, 2.24) is 0 Å². The number of hydrogen-bond donors (Lipinski definition) is 0. The summed E-state index contributed by atoms with van der Waals surface area (Å²) in [7, 11) is 0. The summed E-state index contributed by atoms with van der Waals surface area (Å²) in [6.07, 6.45) is 0. The summed E-state index contributed by atoms with van der Waals surface area (Å²) in [5.74, 6) is -3.45. The fourth-order valence-corrected chi connectivity index (χ4v) is 2.99. The second-order valence-electron chi connectivity index (χ2n) is 5.92. The van der Waals surface area contributed by atoms with Gasteiger partial charge in [-0.25, -0.2) is 0 Å². The molecule has 2 rings (SSSR count). The smallest absolute Gasteiger partial charge is 0.317 e. The van der Waals surface area contributed by atoms with Gasteiger partial charge in [0, 0.05) is 17.4 Å². The Kier molecular flexibility index (Phi) is 6.60. The lowest BCUT2D eigenvalue weighted by atomic mass is 9.77. The Labute approximate surface area is 151 Å². The first-order valence-corrected chi connectivity index (χ1v) is 8.41. The first-order chi connectivity index (χ1) is 12.5. The molecule has 0 unspecified atom stereocenters. The molecule has 6 heteroatoms. The maximum absolute atomic E-state index is 13.1. The van der Waals surface area contributed by atoms with E-state index in [0.717, 1.165) is 0 Å². The first kappa shape index (κ1) is 19.3. The maximum Gasteiger partial charge on any atom is 0.317 e. The van der Waals surface area contributed by atoms with Crippen molar-refractivity contribution in [2.45, 2.75) is 25.8 Å². The predicted molar refractivity (Wildman–Crippen MR) is 96.5 cm³/mol. The summed E-state index contributed by atoms with van der Waals surface area (Å²) >= 11 is 0. The van der Waals surface area contributed by atoms with Crippen molar-refractivity contribution in [3.8, 4) is 0 Å². The highest BCUT2D eigenvalue weighted by Gasteiger charge is 2.44. The van der Waals surface area contributed by atoms with Gasteiger partial charge in [-0.2, -0.15) is 0 Å². The third-order valence-electron chi connectivity index (χ3n) is 4.28. The highest BCUT2D eigenvalue weighted by atomic mass is 16.6. The van der Waals surface area contributed by atoms with Crippen molar-refractivity contribution >= 4 is 11.8 Å². The molecule has 3 atom stereocenters. The normalized spacial score (nSPS) is 14.1. The Hall–Kier alpha value is -3.02. The van der Waals surface area contributed by atoms with Gasteiger partial charge in [-0.3, -0.25) is 19.7 Å². The number of nitrogens with zero attached hydrogens (tertiary/aromatic N) is 1. The van der Waals surface area contributed by atoms with E-state index in [-0.39, 0.29) is 6.61 Å². The Bertz CT molecular complexity index is 760. The molecule has 26 heavy (non-hydrogen) atoms. The lowest BCUT2D eigenvalue weighted by Gasteiger charge is -2.26. The molecule has 2 aromatic rings. The van der Waals surface area contributed by atoms with Crippen LogP contribution in [0.5, 0.6) is 0 Å². The number of carbonyl (C=O) groups excluding carboxylic acids is 2. The Morgan fingerprint density at radius 3 is 2.08 bits per heavy atom. The maximum atomic E-state index is 13.1. The average Bonchev–Trinajstić information content (AvgIpc) is 2.66. The van der Waals surface area contributed by atoms with Gasteiger partial charge in [0.2, 0.25) is 6.04 Å². The molecule has 0 aliphatic rings. The number of benzene rings is 2. The van der Waals surface area contributed by atoms with Gasteiger partial charge in [0.15, 0.2) is 5.78 Å². The van der Waals surface area contributed by atoms with E-state index in [1.165, 1.54) is 6.92 Å². The van der Waals surface area contributed by atoms with E-state index < -0.39 is 34.6 Å². The minimum absolute atomic E-state index is 0.0890. The monoisotopic (exact) mass is 355 g/mol. The summed E-state index contributed by atoms with van der Waals surface area (Å²) in [5, 5.41) is 11.5. The third kappa shape index (κ3) is 4.33. The topological polar surface area (TPSA) is 86.5 Å². The standard InChI is InChI=1S/C20H21NO5/c1-3-26-20(23)18(19(22)16-12-8-5-9-13-16)17(14(2)21(24)25)15-10-6-4-7-11-15/h4-14,17-18H,3H2,1-2H3/t14-,17-,18-/m1/s1. The zero-order chi connectivity index (χ0) is 19.1. The molecule has 0 saturated carbocycles. The van der Waals surface area contributed by atoms with Crippen LogP contribution in [0.3, 0.4) is 0 Å². The minimum Gasteiger partial charge on any atom is -0.465 e. The molecule has 136 valence electrons. The molecule has 0 N–H and O–H groups in total. The molecule has 0 radical (unpaired) electrons. The van der Waals surface area contributed by atoms with E-state index in [1.54, 1.807) is 67.6 Å². The van der Waals surface area contributed by atoms with E-state index in [2.05, 4.69) is 0 Å². The highest BCUT2D eigenvalue weighted by molar-refractivity contribution is 6.09. The molecule has 0 saturated heterocycles. The Morgan fingerprint density at radius 2 is 1.58 bits per heavy atom. The van der Waals surface area contributed by atoms with Crippen LogP contribution in [0.2, 0.25) is 0 Å². The molecular formula is C20H21NO5. The number of ether oxygens (including phenoxy) is 1. The van der Waals surface area contributed by atoms with Crippen LogP contribution in [-0.2, 0) is 9.53 Å². The number of carbonyl (C=O) groups is 2. The summed E-state index contributed by atoms with van der Waals surface area (Å²) in [5.41, 5.74) is 0.876. The van der Waals surface area contributed by atoms with Crippen molar-refractivity contribution in [3.63, 3.8) is 0 Å². The zero-order valence-corrected chi connectivity index (χ0v) is 14.7. The van der Waals surface area contributed by atoms with Crippen LogP contribution in [0.25, 0.3) is 0 Å². The molecule has 0 aromatic heterocycles. The van der Waals surface area contributed by atoms with Gasteiger partial charge in [-0.15, -0.1) is 0 Å². The quantitative estimate of drug-likeness (QED) is 0.238. The van der Waals surface area contributed by atoms with Gasteiger partial charge in [0.25, 0.3) is 0 Å². The van der Waals surface area contributed by atoms with Crippen molar-refractivity contribution in [2.24, 2.45) is 5.92 Å². The summed E-state index contributed by atoms with van der Waals surface area (Å²) in [4.78, 5) is 36.7. The van der Waals surface area contributed by atoms with E-state index in [1.807, 2.05) is 0 Å². The second-order valence-corrected chi connectivity index (χ2v) is 5.92. The minimum atomic E-state index is -1.29. The molecule has 0 amide bonds. The number of rotatable bonds is 8. The van der Waals surface area contributed by atoms with Crippen LogP contribution < -0.4 is 0 Å². The van der Waals surface area contributed by atoms with Gasteiger partial charge >= 0.3 is 5.97 Å². The molecule has 0 bridgehead atoms. The number of ketones is 1. The summed E-state index contributed by atoms with van der Waals surface area (Å²) in [6.45, 7) is 3.13. The molecule has 0 aliphatic heterocycles. The molecule has 0 aliphatic carbocycles. The van der Waals surface area contributed by atoms with Gasteiger partial charge in [0.05, 0.1) is 12.5 Å². The molecule has 0 heterocycles. The predicted octanol–water partition coefficient (Wildman–Crippen LogP) is 3.50. The molecule has 0 spiro atoms. The van der Waals surface area contributed by atoms with Crippen LogP contribution in [0.4, 0.5) is 0 Å². The lowest BCUT2D eigenvalue weighted by Crippen LogP contribution is -2.39. The molecule has 6 nitrogen and oxygen atoms in total. The van der Waals surface area contributed by atoms with E-state index in [9.17, 15) is 19.7 Å². The number of hydrogen-bond acceptors (Lipinski definition) is 5. The van der Waals surface area contributed by atoms with Crippen LogP contribution in [0, 0.1) is 16.0 Å². The number of nitro groups is 1. The first-order valence-electron chi connectivity index (χ1n) is 8.41. The Balaban J connectivity index is 2.56. The molecule has 2 aromatic carbocycles. The number of Topliss-reactive ketones (excluding diaryl/α,β-unsaturated/α-hetero) is 1. The zero-order valence-electron chi connectivity index (χ0n) is 14.7. The lowest BCUT2D eigenvalue weighted by molar-refractivity contribution is -0.523. The van der Waals surface area contributed by atoms with E-state index in [0.29, 0.717) is 11.1 Å². The van der Waals surface area contributed by atoms with Crippen LogP contribution in [0.1, 0.15) is 35.7 Å². The molecular weight excluding hydrogens is 334 g/mol. The van der Waals surface area contributed by atoms with Crippen molar-refractivity contribution in [2.75, 3.05) is 6.61 Å². The van der Waals surface area contributed by atoms with Crippen LogP contribution in [-0.4, -0.2) is 29.3 Å². The number of esters is 1. The van der Waals surface area contributed by atoms with Gasteiger partial charge in [0.1, 0.15) is 5.92 Å². The van der Waals surface area contributed by atoms with Crippen molar-refractivity contribution < 1.29 is 19.2 Å². The largest absolute Gasteiger partial charge is 0.465 e. The van der Waals surface area contributed by atoms with Gasteiger partial charge < -0.3 is 4.74 Å². The SMILES string of the molecule is CCOC(=O)[C@@H](C(=O)c1ccccc1)[C@@H](c1ccccc1)[C@@H](C)[N+](=O)[O-]. The van der Waals surface area contributed by atoms with E-state index in [4.69, 9.17) is 4.74 Å². The van der Waals surface area contributed by atoms with Crippen molar-refractivity contribution in [3.05, 3.63) is 81.9 Å². The average molecular weight is 355 g/mol. The fourth-order valence-electron chi connectivity index (χ4n) is 2.99. The second kappa shape index (κ2) is 8.89. The van der Waals surface area contributed by atoms with Crippen molar-refractivity contribution in [1.29, 1.82) is 0 Å². The Morgan fingerprint density at radius 1 is 1.04 bits per heavy atom. The van der Waals surface area contributed by atoms with E-state index >= 15 is 0 Å². The van der Waals surface area contributed by atoms with Gasteiger partial charge in [-0.05, 0) is 12.5 Å².